The first-order valence-corrected chi connectivity index (χ1v) is 16.2. The lowest BCUT2D eigenvalue weighted by atomic mass is 9.98. The van der Waals surface area contributed by atoms with Gasteiger partial charge in [0.2, 0.25) is 5.69 Å². The molecule has 0 bridgehead atoms. The summed E-state index contributed by atoms with van der Waals surface area (Å²) in [4.78, 5) is 7.65. The van der Waals surface area contributed by atoms with Gasteiger partial charge >= 0.3 is 0 Å². The van der Waals surface area contributed by atoms with Crippen LogP contribution in [0.15, 0.2) is 152 Å². The van der Waals surface area contributed by atoms with Gasteiger partial charge in [-0.25, -0.2) is 9.69 Å². The van der Waals surface area contributed by atoms with Gasteiger partial charge in [-0.3, -0.25) is 0 Å². The zero-order valence-electron chi connectivity index (χ0n) is 26.7. The Labute approximate surface area is 288 Å². The highest BCUT2D eigenvalue weighted by atomic mass is 15.0. The predicted molar refractivity (Wildman–Crippen MR) is 203 cm³/mol. The lowest BCUT2D eigenvalue weighted by Crippen LogP contribution is -1.97. The number of benzene rings is 7. The Morgan fingerprint density at radius 3 is 1.82 bits per heavy atom. The number of aromatic nitrogens is 2. The van der Waals surface area contributed by atoms with Gasteiger partial charge in [0, 0.05) is 33.1 Å². The molecule has 0 aliphatic heterocycles. The van der Waals surface area contributed by atoms with E-state index in [2.05, 4.69) is 104 Å². The standard InChI is InChI=1S/C45H25N5/c1-47-33-21-24-35(44(27-33)50-42-13-6-3-8-36(42)38-10-7-11-40(48-2)45(38)50)32-17-15-30(16-18-32)31-19-22-34(23-20-31)49-41-12-5-4-9-37(41)39-26-29(28-46)14-25-43(39)49/h3-27H. The Balaban J connectivity index is 1.13. The monoisotopic (exact) mass is 635 g/mol. The van der Waals surface area contributed by atoms with E-state index in [1.807, 2.05) is 72.8 Å². The molecule has 0 amide bonds. The molecule has 0 atom stereocenters. The molecule has 0 spiro atoms. The average Bonchev–Trinajstić information content (AvgIpc) is 3.70. The van der Waals surface area contributed by atoms with Crippen LogP contribution in [0.1, 0.15) is 5.56 Å². The summed E-state index contributed by atoms with van der Waals surface area (Å²) in [7, 11) is 0. The number of para-hydroxylation sites is 3. The zero-order valence-corrected chi connectivity index (χ0v) is 26.7. The van der Waals surface area contributed by atoms with Crippen molar-refractivity contribution in [1.82, 2.24) is 9.13 Å². The maximum atomic E-state index is 9.51. The number of nitrogens with zero attached hydrogens (tertiary/aromatic N) is 5. The van der Waals surface area contributed by atoms with Crippen molar-refractivity contribution in [2.45, 2.75) is 0 Å². The van der Waals surface area contributed by atoms with Crippen molar-refractivity contribution >= 4 is 55.0 Å². The van der Waals surface area contributed by atoms with E-state index in [1.54, 1.807) is 0 Å². The molecule has 0 unspecified atom stereocenters. The Kier molecular flexibility index (Phi) is 6.56. The molecule has 0 saturated heterocycles. The predicted octanol–water partition coefficient (Wildman–Crippen LogP) is 12.2. The van der Waals surface area contributed by atoms with Gasteiger partial charge in [0.25, 0.3) is 0 Å². The fourth-order valence-electron chi connectivity index (χ4n) is 7.33. The van der Waals surface area contributed by atoms with Crippen LogP contribution in [0, 0.1) is 24.5 Å². The largest absolute Gasteiger partial charge is 0.320 e. The van der Waals surface area contributed by atoms with Crippen LogP contribution < -0.4 is 0 Å². The normalized spacial score (nSPS) is 11.1. The molecular formula is C45H25N5. The molecule has 5 nitrogen and oxygen atoms in total. The summed E-state index contributed by atoms with van der Waals surface area (Å²) >= 11 is 0. The number of hydrogen-bond donors (Lipinski definition) is 0. The minimum absolute atomic E-state index is 0.542. The van der Waals surface area contributed by atoms with Crippen LogP contribution in [0.3, 0.4) is 0 Å². The summed E-state index contributed by atoms with van der Waals surface area (Å²) in [5.74, 6) is 0. The summed E-state index contributed by atoms with van der Waals surface area (Å²) in [5.41, 5.74) is 11.9. The molecule has 50 heavy (non-hydrogen) atoms. The lowest BCUT2D eigenvalue weighted by Gasteiger charge is -2.16. The van der Waals surface area contributed by atoms with Gasteiger partial charge in [-0.05, 0) is 70.6 Å². The highest BCUT2D eigenvalue weighted by Crippen LogP contribution is 2.41. The van der Waals surface area contributed by atoms with Crippen molar-refractivity contribution in [3.8, 4) is 39.7 Å². The minimum Gasteiger partial charge on any atom is -0.320 e. The maximum absolute atomic E-state index is 9.51. The van der Waals surface area contributed by atoms with Gasteiger partial charge in [0.1, 0.15) is 0 Å². The lowest BCUT2D eigenvalue weighted by molar-refractivity contribution is 1.18. The molecule has 7 aromatic carbocycles. The first-order valence-electron chi connectivity index (χ1n) is 16.2. The van der Waals surface area contributed by atoms with E-state index in [1.165, 1.54) is 0 Å². The van der Waals surface area contributed by atoms with Gasteiger partial charge in [-0.2, -0.15) is 5.26 Å². The second-order valence-electron chi connectivity index (χ2n) is 12.3. The van der Waals surface area contributed by atoms with E-state index < -0.39 is 0 Å². The molecule has 2 aromatic heterocycles. The Hall–Kier alpha value is -7.39. The van der Waals surface area contributed by atoms with Gasteiger partial charge in [0.05, 0.1) is 46.8 Å². The van der Waals surface area contributed by atoms with Crippen molar-refractivity contribution in [1.29, 1.82) is 5.26 Å². The van der Waals surface area contributed by atoms with Crippen LogP contribution in [0.2, 0.25) is 0 Å². The van der Waals surface area contributed by atoms with Crippen LogP contribution in [0.4, 0.5) is 11.4 Å². The van der Waals surface area contributed by atoms with Gasteiger partial charge in [-0.1, -0.05) is 103 Å². The van der Waals surface area contributed by atoms with Crippen LogP contribution >= 0.6 is 0 Å². The summed E-state index contributed by atoms with van der Waals surface area (Å²) < 4.78 is 4.39. The number of hydrogen-bond acceptors (Lipinski definition) is 1. The Bertz CT molecular complexity index is 2940. The second kappa shape index (κ2) is 11.4. The SMILES string of the molecule is [C-]#[N+]c1ccc(-c2ccc(-c3ccc(-n4c5ccccc5c5cc(C#N)ccc54)cc3)cc2)c(-n2c3ccccc3c3cccc([N+]#[C-])c32)c1. The van der Waals surface area contributed by atoms with E-state index in [9.17, 15) is 5.26 Å². The van der Waals surface area contributed by atoms with E-state index in [0.29, 0.717) is 16.9 Å². The van der Waals surface area contributed by atoms with E-state index in [-0.39, 0.29) is 0 Å². The minimum atomic E-state index is 0.542. The molecule has 0 radical (unpaired) electrons. The molecule has 0 aliphatic rings. The molecule has 9 rings (SSSR count). The van der Waals surface area contributed by atoms with Gasteiger partial charge in [-0.15, -0.1) is 0 Å². The molecule has 230 valence electrons. The van der Waals surface area contributed by atoms with E-state index in [0.717, 1.165) is 77.2 Å². The Morgan fingerprint density at radius 1 is 0.500 bits per heavy atom. The second-order valence-corrected chi connectivity index (χ2v) is 12.3. The fraction of sp³-hybridized carbons (Fsp3) is 0. The van der Waals surface area contributed by atoms with Crippen molar-refractivity contribution in [2.24, 2.45) is 0 Å². The van der Waals surface area contributed by atoms with Crippen molar-refractivity contribution in [2.75, 3.05) is 0 Å². The summed E-state index contributed by atoms with van der Waals surface area (Å²) in [6, 6.07) is 53.4. The number of fused-ring (bicyclic) bond motifs is 6. The quantitative estimate of drug-likeness (QED) is 0.177. The molecular weight excluding hydrogens is 611 g/mol. The third-order valence-electron chi connectivity index (χ3n) is 9.60. The smallest absolute Gasteiger partial charge is 0.211 e. The van der Waals surface area contributed by atoms with E-state index >= 15 is 0 Å². The van der Waals surface area contributed by atoms with Crippen LogP contribution in [-0.4, -0.2) is 9.13 Å². The first-order chi connectivity index (χ1) is 24.7. The van der Waals surface area contributed by atoms with Crippen molar-refractivity contribution in [3.05, 3.63) is 180 Å². The molecule has 0 saturated carbocycles. The van der Waals surface area contributed by atoms with Crippen LogP contribution in [0.5, 0.6) is 0 Å². The van der Waals surface area contributed by atoms with Gasteiger partial charge in [0.15, 0.2) is 5.69 Å². The zero-order chi connectivity index (χ0) is 33.8. The number of nitriles is 1. The molecule has 5 heteroatoms. The number of rotatable bonds is 4. The highest BCUT2D eigenvalue weighted by molar-refractivity contribution is 6.14. The summed E-state index contributed by atoms with van der Waals surface area (Å²) in [5, 5.41) is 13.8. The molecule has 0 fully saturated rings. The van der Waals surface area contributed by atoms with Crippen molar-refractivity contribution in [3.63, 3.8) is 0 Å². The molecule has 2 heterocycles. The fourth-order valence-corrected chi connectivity index (χ4v) is 7.33. The van der Waals surface area contributed by atoms with Crippen LogP contribution in [0.25, 0.3) is 86.9 Å². The first kappa shape index (κ1) is 28.8. The van der Waals surface area contributed by atoms with Gasteiger partial charge < -0.3 is 9.13 Å². The summed E-state index contributed by atoms with van der Waals surface area (Å²) in [6.07, 6.45) is 0. The molecule has 9 aromatic rings. The van der Waals surface area contributed by atoms with Crippen LogP contribution in [-0.2, 0) is 0 Å². The molecule has 0 aliphatic carbocycles. The Morgan fingerprint density at radius 2 is 1.12 bits per heavy atom. The highest BCUT2D eigenvalue weighted by Gasteiger charge is 2.19. The third kappa shape index (κ3) is 4.38. The topological polar surface area (TPSA) is 42.4 Å². The third-order valence-corrected chi connectivity index (χ3v) is 9.60. The average molecular weight is 636 g/mol. The van der Waals surface area contributed by atoms with E-state index in [4.69, 9.17) is 13.1 Å². The molecule has 0 N–H and O–H groups in total. The maximum Gasteiger partial charge on any atom is 0.211 e. The van der Waals surface area contributed by atoms with Crippen molar-refractivity contribution < 1.29 is 0 Å². The summed E-state index contributed by atoms with van der Waals surface area (Å²) in [6.45, 7) is 15.7.